The Morgan fingerprint density at radius 3 is 2.19 bits per heavy atom. The second kappa shape index (κ2) is 11.7. The van der Waals surface area contributed by atoms with E-state index in [2.05, 4.69) is 19.2 Å². The molecule has 7 heteroatoms. The van der Waals surface area contributed by atoms with Gasteiger partial charge in [-0.15, -0.1) is 0 Å². The number of nitrogens with zero attached hydrogens (tertiary/aromatic N) is 1. The van der Waals surface area contributed by atoms with E-state index in [4.69, 9.17) is 4.74 Å². The number of rotatable bonds is 12. The zero-order valence-corrected chi connectivity index (χ0v) is 19.7. The van der Waals surface area contributed by atoms with Gasteiger partial charge in [0.15, 0.2) is 0 Å². The van der Waals surface area contributed by atoms with Crippen molar-refractivity contribution in [2.75, 3.05) is 17.1 Å². The van der Waals surface area contributed by atoms with Gasteiger partial charge in [0, 0.05) is 6.54 Å². The molecule has 1 amide bonds. The van der Waals surface area contributed by atoms with E-state index >= 15 is 0 Å². The Balaban J connectivity index is 2.11. The van der Waals surface area contributed by atoms with Gasteiger partial charge in [0.2, 0.25) is 15.9 Å². The first-order chi connectivity index (χ1) is 14.8. The molecule has 0 radical (unpaired) electrons. The van der Waals surface area contributed by atoms with Crippen LogP contribution in [0, 0.1) is 5.92 Å². The molecule has 2 unspecified atom stereocenters. The summed E-state index contributed by atoms with van der Waals surface area (Å²) in [4.78, 5) is 12.8. The number of sulfonamides is 1. The normalized spacial score (nSPS) is 13.3. The van der Waals surface area contributed by atoms with Gasteiger partial charge in [-0.1, -0.05) is 51.3 Å². The molecule has 0 heterocycles. The van der Waals surface area contributed by atoms with E-state index in [9.17, 15) is 13.2 Å². The minimum atomic E-state index is -3.66. The Kier molecular flexibility index (Phi) is 9.37. The lowest BCUT2D eigenvalue weighted by molar-refractivity contribution is -0.122. The molecule has 0 saturated heterocycles. The molecular formula is C24H34N2O4S. The standard InChI is InChI=1S/C24H34N2O4S/c1-5-7-11-20(6-2)18-25-24(27)19(3)26(31(4,28)29)21-14-16-23(17-15-21)30-22-12-9-8-10-13-22/h8-10,12-17,19-20H,5-7,11,18H2,1-4H3,(H,25,27). The summed E-state index contributed by atoms with van der Waals surface area (Å²) in [5.41, 5.74) is 0.420. The third-order valence-electron chi connectivity index (χ3n) is 5.27. The van der Waals surface area contributed by atoms with Gasteiger partial charge in [-0.05, 0) is 55.7 Å². The Morgan fingerprint density at radius 2 is 1.65 bits per heavy atom. The summed E-state index contributed by atoms with van der Waals surface area (Å²) in [6.07, 6.45) is 5.39. The molecular weight excluding hydrogens is 412 g/mol. The first-order valence-electron chi connectivity index (χ1n) is 10.9. The highest BCUT2D eigenvalue weighted by Crippen LogP contribution is 2.27. The highest BCUT2D eigenvalue weighted by atomic mass is 32.2. The molecule has 0 bridgehead atoms. The largest absolute Gasteiger partial charge is 0.457 e. The Bertz CT molecular complexity index is 914. The summed E-state index contributed by atoms with van der Waals surface area (Å²) in [6.45, 7) is 6.42. The molecule has 2 aromatic carbocycles. The van der Waals surface area contributed by atoms with Crippen molar-refractivity contribution in [2.45, 2.75) is 52.5 Å². The van der Waals surface area contributed by atoms with Crippen LogP contribution in [0.25, 0.3) is 0 Å². The van der Waals surface area contributed by atoms with Crippen molar-refractivity contribution in [1.29, 1.82) is 0 Å². The van der Waals surface area contributed by atoms with Crippen LogP contribution in [0.3, 0.4) is 0 Å². The topological polar surface area (TPSA) is 75.7 Å². The number of para-hydroxylation sites is 1. The number of unbranched alkanes of at least 4 members (excludes halogenated alkanes) is 1. The fraction of sp³-hybridized carbons (Fsp3) is 0.458. The lowest BCUT2D eigenvalue weighted by Crippen LogP contribution is -2.48. The molecule has 0 saturated carbocycles. The third-order valence-corrected chi connectivity index (χ3v) is 6.51. The van der Waals surface area contributed by atoms with Crippen LogP contribution in [0.1, 0.15) is 46.5 Å². The van der Waals surface area contributed by atoms with Gasteiger partial charge >= 0.3 is 0 Å². The summed E-state index contributed by atoms with van der Waals surface area (Å²) >= 11 is 0. The number of nitrogens with one attached hydrogen (secondary N) is 1. The zero-order chi connectivity index (χ0) is 22.9. The van der Waals surface area contributed by atoms with Gasteiger partial charge in [0.05, 0.1) is 11.9 Å². The zero-order valence-electron chi connectivity index (χ0n) is 18.9. The van der Waals surface area contributed by atoms with Gasteiger partial charge < -0.3 is 10.1 Å². The number of anilines is 1. The van der Waals surface area contributed by atoms with Crippen molar-refractivity contribution < 1.29 is 17.9 Å². The van der Waals surface area contributed by atoms with E-state index in [1.165, 1.54) is 0 Å². The average molecular weight is 447 g/mol. The summed E-state index contributed by atoms with van der Waals surface area (Å²) < 4.78 is 31.9. The van der Waals surface area contributed by atoms with Crippen molar-refractivity contribution in [3.05, 3.63) is 54.6 Å². The van der Waals surface area contributed by atoms with Gasteiger partial charge in [0.25, 0.3) is 0 Å². The number of hydrogen-bond acceptors (Lipinski definition) is 4. The first kappa shape index (κ1) is 24.7. The predicted octanol–water partition coefficient (Wildman–Crippen LogP) is 4.97. The smallest absolute Gasteiger partial charge is 0.243 e. The van der Waals surface area contributed by atoms with E-state index in [0.717, 1.165) is 36.2 Å². The molecule has 1 N–H and O–H groups in total. The van der Waals surface area contributed by atoms with Gasteiger partial charge in [-0.2, -0.15) is 0 Å². The molecule has 0 aliphatic rings. The van der Waals surface area contributed by atoms with Crippen molar-refractivity contribution >= 4 is 21.6 Å². The molecule has 170 valence electrons. The highest BCUT2D eigenvalue weighted by Gasteiger charge is 2.29. The lowest BCUT2D eigenvalue weighted by Gasteiger charge is -2.29. The van der Waals surface area contributed by atoms with E-state index < -0.39 is 16.1 Å². The van der Waals surface area contributed by atoms with Crippen molar-refractivity contribution in [3.8, 4) is 11.5 Å². The van der Waals surface area contributed by atoms with Crippen LogP contribution in [0.4, 0.5) is 5.69 Å². The number of amides is 1. The molecule has 0 spiro atoms. The predicted molar refractivity (Wildman–Crippen MR) is 126 cm³/mol. The van der Waals surface area contributed by atoms with Gasteiger partial charge in [-0.25, -0.2) is 8.42 Å². The molecule has 0 aliphatic heterocycles. The Hall–Kier alpha value is -2.54. The number of carbonyl (C=O) groups excluding carboxylic acids is 1. The number of hydrogen-bond donors (Lipinski definition) is 1. The van der Waals surface area contributed by atoms with Crippen molar-refractivity contribution in [2.24, 2.45) is 5.92 Å². The lowest BCUT2D eigenvalue weighted by atomic mass is 9.99. The Morgan fingerprint density at radius 1 is 1.03 bits per heavy atom. The monoisotopic (exact) mass is 446 g/mol. The maximum absolute atomic E-state index is 12.8. The van der Waals surface area contributed by atoms with Crippen LogP contribution < -0.4 is 14.4 Å². The van der Waals surface area contributed by atoms with Crippen LogP contribution >= 0.6 is 0 Å². The maximum Gasteiger partial charge on any atom is 0.243 e. The van der Waals surface area contributed by atoms with Crippen LogP contribution in [0.5, 0.6) is 11.5 Å². The molecule has 0 aliphatic carbocycles. The van der Waals surface area contributed by atoms with E-state index in [1.54, 1.807) is 31.2 Å². The van der Waals surface area contributed by atoms with E-state index in [1.807, 2.05) is 30.3 Å². The first-order valence-corrected chi connectivity index (χ1v) is 12.7. The third kappa shape index (κ3) is 7.58. The highest BCUT2D eigenvalue weighted by molar-refractivity contribution is 7.92. The fourth-order valence-electron chi connectivity index (χ4n) is 3.43. The minimum absolute atomic E-state index is 0.301. The molecule has 31 heavy (non-hydrogen) atoms. The second-order valence-corrected chi connectivity index (χ2v) is 9.66. The minimum Gasteiger partial charge on any atom is -0.457 e. The second-order valence-electron chi connectivity index (χ2n) is 7.81. The SMILES string of the molecule is CCCCC(CC)CNC(=O)C(C)N(c1ccc(Oc2ccccc2)cc1)S(C)(=O)=O. The molecule has 6 nitrogen and oxygen atoms in total. The molecule has 0 fully saturated rings. The maximum atomic E-state index is 12.8. The summed E-state index contributed by atoms with van der Waals surface area (Å²) in [6, 6.07) is 15.2. The molecule has 0 aromatic heterocycles. The molecule has 2 rings (SSSR count). The summed E-state index contributed by atoms with van der Waals surface area (Å²) in [5, 5.41) is 2.94. The molecule has 2 aromatic rings. The Labute approximate surface area is 186 Å². The van der Waals surface area contributed by atoms with E-state index in [-0.39, 0.29) is 5.91 Å². The quantitative estimate of drug-likeness (QED) is 0.500. The van der Waals surface area contributed by atoms with Gasteiger partial charge in [0.1, 0.15) is 17.5 Å². The summed E-state index contributed by atoms with van der Waals surface area (Å²) in [7, 11) is -3.66. The van der Waals surface area contributed by atoms with E-state index in [0.29, 0.717) is 29.6 Å². The van der Waals surface area contributed by atoms with Crippen molar-refractivity contribution in [3.63, 3.8) is 0 Å². The van der Waals surface area contributed by atoms with Crippen LogP contribution in [0.2, 0.25) is 0 Å². The fourth-order valence-corrected chi connectivity index (χ4v) is 4.61. The number of benzene rings is 2. The van der Waals surface area contributed by atoms with Crippen LogP contribution in [-0.4, -0.2) is 33.2 Å². The number of ether oxygens (including phenoxy) is 1. The van der Waals surface area contributed by atoms with Crippen LogP contribution in [0.15, 0.2) is 54.6 Å². The van der Waals surface area contributed by atoms with Gasteiger partial charge in [-0.3, -0.25) is 9.10 Å². The number of carbonyl (C=O) groups is 1. The van der Waals surface area contributed by atoms with Crippen molar-refractivity contribution in [1.82, 2.24) is 5.32 Å². The average Bonchev–Trinajstić information content (AvgIpc) is 2.74. The summed E-state index contributed by atoms with van der Waals surface area (Å²) in [5.74, 6) is 1.38. The van der Waals surface area contributed by atoms with Crippen LogP contribution in [-0.2, 0) is 14.8 Å². The molecule has 2 atom stereocenters.